The monoisotopic (exact) mass is 432 g/mol. The van der Waals surface area contributed by atoms with Gasteiger partial charge >= 0.3 is 6.18 Å². The molecular weight excluding hydrogens is 417 g/mol. The van der Waals surface area contributed by atoms with E-state index in [1.165, 1.54) is 17.0 Å². The van der Waals surface area contributed by atoms with E-state index in [2.05, 4.69) is 15.9 Å². The van der Waals surface area contributed by atoms with Crippen LogP contribution in [0.2, 0.25) is 0 Å². The zero-order valence-electron chi connectivity index (χ0n) is 13.8. The molecule has 0 radical (unpaired) electrons. The van der Waals surface area contributed by atoms with Gasteiger partial charge in [0, 0.05) is 18.7 Å². The summed E-state index contributed by atoms with van der Waals surface area (Å²) in [6, 6.07) is 4.23. The highest BCUT2D eigenvalue weighted by Crippen LogP contribution is 2.58. The molecule has 1 aromatic carbocycles. The Labute approximate surface area is 156 Å². The Bertz CT molecular complexity index is 763. The van der Waals surface area contributed by atoms with Crippen LogP contribution < -0.4 is 9.47 Å². The standard InChI is InChI=1S/C17H16BrF3N2O3/c1-2-25-12-6-9(7-22)5-11(18)16(12)26-8-13(24)23-4-3-10-14(15(10)23)17(19,20)21/h5-6,10,14-15H,2-4,8H2,1H3. The number of rotatable bonds is 5. The number of likely N-dealkylation sites (tertiary alicyclic amines) is 1. The van der Waals surface area contributed by atoms with Gasteiger partial charge in [-0.2, -0.15) is 18.4 Å². The summed E-state index contributed by atoms with van der Waals surface area (Å²) in [4.78, 5) is 13.6. The van der Waals surface area contributed by atoms with Gasteiger partial charge in [0.05, 0.1) is 28.6 Å². The number of nitrogens with zero attached hydrogens (tertiary/aromatic N) is 2. The predicted molar refractivity (Wildman–Crippen MR) is 88.7 cm³/mol. The SMILES string of the molecule is CCOc1cc(C#N)cc(Br)c1OCC(=O)N1CCC2C1C2C(F)(F)F. The van der Waals surface area contributed by atoms with Gasteiger partial charge in [-0.1, -0.05) is 0 Å². The number of ether oxygens (including phenoxy) is 2. The second-order valence-electron chi connectivity index (χ2n) is 6.22. The largest absolute Gasteiger partial charge is 0.490 e. The molecule has 1 aliphatic carbocycles. The van der Waals surface area contributed by atoms with Gasteiger partial charge in [-0.15, -0.1) is 0 Å². The number of hydrogen-bond acceptors (Lipinski definition) is 4. The highest BCUT2D eigenvalue weighted by Gasteiger charge is 2.69. The number of carbonyl (C=O) groups is 1. The molecule has 1 heterocycles. The minimum absolute atomic E-state index is 0.248. The Morgan fingerprint density at radius 3 is 2.73 bits per heavy atom. The number of fused-ring (bicyclic) bond motifs is 1. The van der Waals surface area contributed by atoms with Gasteiger partial charge in [-0.3, -0.25) is 4.79 Å². The molecule has 1 amide bonds. The Hall–Kier alpha value is -1.95. The molecular formula is C17H16BrF3N2O3. The molecule has 0 bridgehead atoms. The van der Waals surface area contributed by atoms with Gasteiger partial charge < -0.3 is 14.4 Å². The Balaban J connectivity index is 1.68. The summed E-state index contributed by atoms with van der Waals surface area (Å²) in [6.45, 7) is 2.01. The molecule has 0 aromatic heterocycles. The first-order chi connectivity index (χ1) is 12.3. The van der Waals surface area contributed by atoms with Crippen LogP contribution in [-0.4, -0.2) is 42.8 Å². The van der Waals surface area contributed by atoms with E-state index < -0.39 is 36.6 Å². The lowest BCUT2D eigenvalue weighted by Gasteiger charge is -2.22. The van der Waals surface area contributed by atoms with Crippen LogP contribution in [0.3, 0.4) is 0 Å². The molecule has 3 atom stereocenters. The molecule has 3 rings (SSSR count). The third-order valence-electron chi connectivity index (χ3n) is 4.67. The van der Waals surface area contributed by atoms with E-state index >= 15 is 0 Å². The van der Waals surface area contributed by atoms with Crippen molar-refractivity contribution in [3.05, 3.63) is 22.2 Å². The number of amides is 1. The number of benzene rings is 1. The van der Waals surface area contributed by atoms with Gasteiger partial charge in [-0.05, 0) is 41.3 Å². The maximum absolute atomic E-state index is 12.9. The number of nitriles is 1. The molecule has 1 aromatic rings. The van der Waals surface area contributed by atoms with Crippen molar-refractivity contribution in [2.75, 3.05) is 19.8 Å². The summed E-state index contributed by atoms with van der Waals surface area (Å²) in [5, 5.41) is 9.01. The highest BCUT2D eigenvalue weighted by molar-refractivity contribution is 9.10. The second-order valence-corrected chi connectivity index (χ2v) is 7.07. The molecule has 2 aliphatic rings. The summed E-state index contributed by atoms with van der Waals surface area (Å²) in [5.41, 5.74) is 0.354. The summed E-state index contributed by atoms with van der Waals surface area (Å²) < 4.78 is 50.1. The van der Waals surface area contributed by atoms with Crippen LogP contribution in [0.1, 0.15) is 18.9 Å². The van der Waals surface area contributed by atoms with Crippen LogP contribution in [0, 0.1) is 23.2 Å². The Morgan fingerprint density at radius 1 is 1.42 bits per heavy atom. The van der Waals surface area contributed by atoms with Crippen molar-refractivity contribution in [2.24, 2.45) is 11.8 Å². The van der Waals surface area contributed by atoms with Crippen molar-refractivity contribution < 1.29 is 27.4 Å². The molecule has 5 nitrogen and oxygen atoms in total. The van der Waals surface area contributed by atoms with E-state index in [9.17, 15) is 18.0 Å². The maximum Gasteiger partial charge on any atom is 0.394 e. The number of carbonyl (C=O) groups excluding carboxylic acids is 1. The van der Waals surface area contributed by atoms with Crippen LogP contribution in [0.4, 0.5) is 13.2 Å². The number of halogens is 4. The third kappa shape index (κ3) is 3.47. The predicted octanol–water partition coefficient (Wildman–Crippen LogP) is 3.51. The van der Waals surface area contributed by atoms with E-state index in [4.69, 9.17) is 14.7 Å². The average Bonchev–Trinajstić information content (AvgIpc) is 3.15. The molecule has 1 saturated heterocycles. The molecule has 0 N–H and O–H groups in total. The first-order valence-electron chi connectivity index (χ1n) is 8.13. The minimum Gasteiger partial charge on any atom is -0.490 e. The fourth-order valence-corrected chi connectivity index (χ4v) is 4.10. The lowest BCUT2D eigenvalue weighted by atomic mass is 10.2. The molecule has 1 saturated carbocycles. The zero-order chi connectivity index (χ0) is 19.1. The highest BCUT2D eigenvalue weighted by atomic mass is 79.9. The molecule has 0 spiro atoms. The number of piperidine rings is 1. The van der Waals surface area contributed by atoms with E-state index in [0.717, 1.165) is 0 Å². The molecule has 3 unspecified atom stereocenters. The van der Waals surface area contributed by atoms with Crippen molar-refractivity contribution in [3.63, 3.8) is 0 Å². The maximum atomic E-state index is 12.9. The normalized spacial score (nSPS) is 24.0. The Morgan fingerprint density at radius 2 is 2.15 bits per heavy atom. The van der Waals surface area contributed by atoms with Crippen LogP contribution >= 0.6 is 15.9 Å². The number of alkyl halides is 3. The van der Waals surface area contributed by atoms with Gasteiger partial charge in [0.1, 0.15) is 0 Å². The molecule has 1 aliphatic heterocycles. The quantitative estimate of drug-likeness (QED) is 0.713. The first kappa shape index (κ1) is 18.8. The van der Waals surface area contributed by atoms with E-state index in [1.807, 2.05) is 6.07 Å². The van der Waals surface area contributed by atoms with E-state index in [-0.39, 0.29) is 5.75 Å². The van der Waals surface area contributed by atoms with Crippen molar-refractivity contribution in [1.29, 1.82) is 5.26 Å². The Kier molecular flexibility index (Phi) is 5.06. The van der Waals surface area contributed by atoms with Crippen molar-refractivity contribution in [2.45, 2.75) is 25.6 Å². The third-order valence-corrected chi connectivity index (χ3v) is 5.26. The lowest BCUT2D eigenvalue weighted by molar-refractivity contribution is -0.159. The van der Waals surface area contributed by atoms with Gasteiger partial charge in [0.15, 0.2) is 18.1 Å². The second kappa shape index (κ2) is 6.99. The van der Waals surface area contributed by atoms with E-state index in [1.54, 1.807) is 6.92 Å². The molecule has 9 heteroatoms. The average molecular weight is 433 g/mol. The van der Waals surface area contributed by atoms with Gasteiger partial charge in [-0.25, -0.2) is 0 Å². The van der Waals surface area contributed by atoms with Crippen LogP contribution in [0.15, 0.2) is 16.6 Å². The summed E-state index contributed by atoms with van der Waals surface area (Å²) >= 11 is 3.27. The summed E-state index contributed by atoms with van der Waals surface area (Å²) in [6.07, 6.45) is -3.90. The van der Waals surface area contributed by atoms with Gasteiger partial charge in [0.2, 0.25) is 0 Å². The van der Waals surface area contributed by atoms with Crippen molar-refractivity contribution in [3.8, 4) is 17.6 Å². The van der Waals surface area contributed by atoms with Gasteiger partial charge in [0.25, 0.3) is 5.91 Å². The summed E-state index contributed by atoms with van der Waals surface area (Å²) in [5.74, 6) is -1.84. The fourth-order valence-electron chi connectivity index (χ4n) is 3.55. The lowest BCUT2D eigenvalue weighted by Crippen LogP contribution is -2.38. The first-order valence-corrected chi connectivity index (χ1v) is 8.92. The fraction of sp³-hybridized carbons (Fsp3) is 0.529. The van der Waals surface area contributed by atoms with Crippen LogP contribution in [0.5, 0.6) is 11.5 Å². The van der Waals surface area contributed by atoms with Crippen molar-refractivity contribution in [1.82, 2.24) is 4.90 Å². The topological polar surface area (TPSA) is 62.6 Å². The van der Waals surface area contributed by atoms with Crippen molar-refractivity contribution >= 4 is 21.8 Å². The minimum atomic E-state index is -4.27. The smallest absolute Gasteiger partial charge is 0.394 e. The van der Waals surface area contributed by atoms with Crippen LogP contribution in [0.25, 0.3) is 0 Å². The summed E-state index contributed by atoms with van der Waals surface area (Å²) in [7, 11) is 0. The number of hydrogen-bond donors (Lipinski definition) is 0. The van der Waals surface area contributed by atoms with Crippen LogP contribution in [-0.2, 0) is 4.79 Å². The zero-order valence-corrected chi connectivity index (χ0v) is 15.4. The van der Waals surface area contributed by atoms with E-state index in [0.29, 0.717) is 35.4 Å². The molecule has 26 heavy (non-hydrogen) atoms. The molecule has 140 valence electrons. The molecule has 2 fully saturated rings.